The molecule has 0 radical (unpaired) electrons. The molecule has 106 valence electrons. The fourth-order valence-electron chi connectivity index (χ4n) is 1.58. The molecule has 2 atom stereocenters. The van der Waals surface area contributed by atoms with Crippen molar-refractivity contribution < 1.29 is 18.7 Å². The maximum atomic E-state index is 13.7. The Morgan fingerprint density at radius 3 is 2.37 bits per heavy atom. The number of nitrogens with two attached hydrogens (primary N) is 1. The fraction of sp³-hybridized carbons (Fsp3) is 0.500. The van der Waals surface area contributed by atoms with Crippen molar-refractivity contribution in [2.75, 3.05) is 6.61 Å². The van der Waals surface area contributed by atoms with Crippen molar-refractivity contribution in [2.45, 2.75) is 39.1 Å². The third kappa shape index (κ3) is 4.52. The van der Waals surface area contributed by atoms with E-state index < -0.39 is 18.2 Å². The van der Waals surface area contributed by atoms with Crippen molar-refractivity contribution in [1.29, 1.82) is 0 Å². The molecule has 1 aromatic carbocycles. The average Bonchev–Trinajstić information content (AvgIpc) is 2.37. The zero-order chi connectivity index (χ0) is 14.4. The molecule has 0 aromatic heterocycles. The smallest absolute Gasteiger partial charge is 0.342 e. The number of carbonyl (C=O) groups excluding carboxylic acids is 1. The molecular weight excluding hydrogens is 249 g/mol. The molecule has 0 aliphatic heterocycles. The van der Waals surface area contributed by atoms with Crippen LogP contribution in [0.4, 0.5) is 4.39 Å². The Hall–Kier alpha value is -1.62. The zero-order valence-electron chi connectivity index (χ0n) is 11.4. The summed E-state index contributed by atoms with van der Waals surface area (Å²) in [5, 5.41) is 0. The monoisotopic (exact) mass is 269 g/mol. The van der Waals surface area contributed by atoms with Crippen LogP contribution < -0.4 is 10.5 Å². The van der Waals surface area contributed by atoms with Gasteiger partial charge in [0.25, 0.3) is 0 Å². The van der Waals surface area contributed by atoms with E-state index in [0.717, 1.165) is 0 Å². The van der Waals surface area contributed by atoms with Gasteiger partial charge in [0.15, 0.2) is 0 Å². The number of carbonyl (C=O) groups is 1. The molecule has 1 unspecified atom stereocenters. The van der Waals surface area contributed by atoms with Crippen molar-refractivity contribution in [3.05, 3.63) is 29.8 Å². The second kappa shape index (κ2) is 7.09. The number of rotatable bonds is 6. The summed E-state index contributed by atoms with van der Waals surface area (Å²) in [4.78, 5) is 11.3. The van der Waals surface area contributed by atoms with Gasteiger partial charge in [-0.3, -0.25) is 0 Å². The van der Waals surface area contributed by atoms with E-state index in [-0.39, 0.29) is 12.7 Å². The van der Waals surface area contributed by atoms with Crippen LogP contribution in [0.15, 0.2) is 24.3 Å². The largest absolute Gasteiger partial charge is 0.491 e. The van der Waals surface area contributed by atoms with Gasteiger partial charge in [0.1, 0.15) is 5.75 Å². The molecule has 0 amide bonds. The summed E-state index contributed by atoms with van der Waals surface area (Å²) in [6.07, 6.45) is -1.80. The molecule has 0 saturated heterocycles. The average molecular weight is 269 g/mol. The number of halogens is 1. The highest BCUT2D eigenvalue weighted by molar-refractivity contribution is 5.75. The number of ether oxygens (including phenoxy) is 2. The lowest BCUT2D eigenvalue weighted by Gasteiger charge is -2.16. The Morgan fingerprint density at radius 2 is 1.89 bits per heavy atom. The SMILES string of the molecule is CCOC(=O)C(F)[C@H](N)c1ccc(OC(C)C)cc1. The fourth-order valence-corrected chi connectivity index (χ4v) is 1.58. The molecule has 1 rings (SSSR count). The van der Waals surface area contributed by atoms with E-state index in [2.05, 4.69) is 4.74 Å². The number of hydrogen-bond acceptors (Lipinski definition) is 4. The first kappa shape index (κ1) is 15.4. The van der Waals surface area contributed by atoms with Gasteiger partial charge in [-0.05, 0) is 38.5 Å². The van der Waals surface area contributed by atoms with Crippen LogP contribution in [-0.4, -0.2) is 24.9 Å². The molecule has 4 nitrogen and oxygen atoms in total. The van der Waals surface area contributed by atoms with Crippen LogP contribution >= 0.6 is 0 Å². The van der Waals surface area contributed by atoms with Gasteiger partial charge in [0, 0.05) is 0 Å². The van der Waals surface area contributed by atoms with Crippen molar-refractivity contribution in [2.24, 2.45) is 5.73 Å². The molecule has 1 aromatic rings. The summed E-state index contributed by atoms with van der Waals surface area (Å²) in [6.45, 7) is 5.58. The van der Waals surface area contributed by atoms with Gasteiger partial charge in [0.2, 0.25) is 6.17 Å². The normalized spacial score (nSPS) is 14.0. The van der Waals surface area contributed by atoms with E-state index in [9.17, 15) is 9.18 Å². The standard InChI is InChI=1S/C14H20FNO3/c1-4-18-14(17)12(15)13(16)10-5-7-11(8-6-10)19-9(2)3/h5-9,12-13H,4,16H2,1-3H3/t12?,13-/m1/s1. The second-order valence-corrected chi connectivity index (χ2v) is 4.42. The first-order valence-electron chi connectivity index (χ1n) is 6.28. The Labute approximate surface area is 112 Å². The summed E-state index contributed by atoms with van der Waals surface area (Å²) in [6, 6.07) is 5.66. The third-order valence-corrected chi connectivity index (χ3v) is 2.46. The number of alkyl halides is 1. The molecular formula is C14H20FNO3. The Bertz CT molecular complexity index is 406. The van der Waals surface area contributed by atoms with Gasteiger partial charge < -0.3 is 15.2 Å². The van der Waals surface area contributed by atoms with Gasteiger partial charge in [-0.2, -0.15) is 0 Å². The molecule has 0 aliphatic rings. The van der Waals surface area contributed by atoms with Crippen LogP contribution in [0.25, 0.3) is 0 Å². The zero-order valence-corrected chi connectivity index (χ0v) is 11.4. The lowest BCUT2D eigenvalue weighted by Crippen LogP contribution is -2.31. The van der Waals surface area contributed by atoms with Gasteiger partial charge in [-0.1, -0.05) is 12.1 Å². The molecule has 19 heavy (non-hydrogen) atoms. The van der Waals surface area contributed by atoms with Crippen LogP contribution in [0.2, 0.25) is 0 Å². The molecule has 2 N–H and O–H groups in total. The van der Waals surface area contributed by atoms with Crippen LogP contribution in [0.3, 0.4) is 0 Å². The number of esters is 1. The lowest BCUT2D eigenvalue weighted by atomic mass is 10.0. The van der Waals surface area contributed by atoms with Crippen LogP contribution in [0, 0.1) is 0 Å². The predicted octanol–water partition coefficient (Wildman–Crippen LogP) is 2.37. The summed E-state index contributed by atoms with van der Waals surface area (Å²) in [5.74, 6) is -0.255. The van der Waals surface area contributed by atoms with E-state index in [1.165, 1.54) is 0 Å². The van der Waals surface area contributed by atoms with E-state index in [1.54, 1.807) is 31.2 Å². The van der Waals surface area contributed by atoms with E-state index in [0.29, 0.717) is 11.3 Å². The van der Waals surface area contributed by atoms with E-state index in [4.69, 9.17) is 10.5 Å². The van der Waals surface area contributed by atoms with E-state index >= 15 is 0 Å². The topological polar surface area (TPSA) is 61.5 Å². The summed E-state index contributed by atoms with van der Waals surface area (Å²) < 4.78 is 23.8. The highest BCUT2D eigenvalue weighted by Gasteiger charge is 2.27. The Kier molecular flexibility index (Phi) is 5.76. The quantitative estimate of drug-likeness (QED) is 0.805. The summed E-state index contributed by atoms with van der Waals surface area (Å²) >= 11 is 0. The van der Waals surface area contributed by atoms with Crippen molar-refractivity contribution in [1.82, 2.24) is 0 Å². The molecule has 0 aliphatic carbocycles. The highest BCUT2D eigenvalue weighted by Crippen LogP contribution is 2.21. The third-order valence-electron chi connectivity index (χ3n) is 2.46. The number of benzene rings is 1. The number of hydrogen-bond donors (Lipinski definition) is 1. The predicted molar refractivity (Wildman–Crippen MR) is 70.7 cm³/mol. The summed E-state index contributed by atoms with van der Waals surface area (Å²) in [5.41, 5.74) is 6.23. The van der Waals surface area contributed by atoms with Gasteiger partial charge in [-0.15, -0.1) is 0 Å². The van der Waals surface area contributed by atoms with E-state index in [1.807, 2.05) is 13.8 Å². The van der Waals surface area contributed by atoms with Gasteiger partial charge in [0.05, 0.1) is 18.8 Å². The van der Waals surface area contributed by atoms with Crippen molar-refractivity contribution >= 4 is 5.97 Å². The molecule has 0 spiro atoms. The van der Waals surface area contributed by atoms with Crippen LogP contribution in [0.1, 0.15) is 32.4 Å². The van der Waals surface area contributed by atoms with Crippen molar-refractivity contribution in [3.63, 3.8) is 0 Å². The molecule has 5 heteroatoms. The Morgan fingerprint density at radius 1 is 1.32 bits per heavy atom. The first-order chi connectivity index (χ1) is 8.95. The van der Waals surface area contributed by atoms with Gasteiger partial charge >= 0.3 is 5.97 Å². The summed E-state index contributed by atoms with van der Waals surface area (Å²) in [7, 11) is 0. The molecule has 0 saturated carbocycles. The maximum Gasteiger partial charge on any atom is 0.342 e. The maximum absolute atomic E-state index is 13.7. The van der Waals surface area contributed by atoms with Crippen molar-refractivity contribution in [3.8, 4) is 5.75 Å². The lowest BCUT2D eigenvalue weighted by molar-refractivity contribution is -0.149. The molecule has 0 heterocycles. The van der Waals surface area contributed by atoms with Crippen LogP contribution in [0.5, 0.6) is 5.75 Å². The minimum absolute atomic E-state index is 0.0629. The van der Waals surface area contributed by atoms with Gasteiger partial charge in [-0.25, -0.2) is 9.18 Å². The molecule has 0 fully saturated rings. The van der Waals surface area contributed by atoms with Crippen LogP contribution in [-0.2, 0) is 9.53 Å². The highest BCUT2D eigenvalue weighted by atomic mass is 19.1. The Balaban J connectivity index is 2.71. The second-order valence-electron chi connectivity index (χ2n) is 4.42. The first-order valence-corrected chi connectivity index (χ1v) is 6.28. The molecule has 0 bridgehead atoms. The minimum atomic E-state index is -1.86. The minimum Gasteiger partial charge on any atom is -0.491 e.